The molecule has 2 unspecified atom stereocenters. The summed E-state index contributed by atoms with van der Waals surface area (Å²) in [6.45, 7) is 8.98. The Balaban J connectivity index is 0.00000980. The fourth-order valence-corrected chi connectivity index (χ4v) is 6.48. The Kier molecular flexibility index (Phi) is 18.3. The van der Waals surface area contributed by atoms with Crippen LogP contribution in [-0.2, 0) is 52.9 Å². The van der Waals surface area contributed by atoms with Gasteiger partial charge in [0.05, 0.1) is 41.5 Å². The van der Waals surface area contributed by atoms with Crippen molar-refractivity contribution in [3.8, 4) is 22.6 Å². The van der Waals surface area contributed by atoms with Gasteiger partial charge in [-0.2, -0.15) is 0 Å². The van der Waals surface area contributed by atoms with Gasteiger partial charge in [0, 0.05) is 44.1 Å². The number of carboxylic acid groups (broad SMARTS) is 1. The number of nitrogens with zero attached hydrogens (tertiary/aromatic N) is 2. The molecule has 4 amide bonds. The zero-order valence-corrected chi connectivity index (χ0v) is 39.8. The summed E-state index contributed by atoms with van der Waals surface area (Å²) in [6, 6.07) is 18.6. The summed E-state index contributed by atoms with van der Waals surface area (Å²) in [6.07, 6.45) is 2.53. The smallest absolute Gasteiger partial charge is 0.342 e. The Hall–Kier alpha value is -7.99. The molecular weight excluding hydrogens is 922 g/mol. The minimum absolute atomic E-state index is 0. The van der Waals surface area contributed by atoms with E-state index >= 15 is 0 Å². The molecule has 5 rings (SSSR count). The molecule has 20 heteroatoms. The average Bonchev–Trinajstić information content (AvgIpc) is 3.85. The molecule has 3 aromatic carbocycles. The van der Waals surface area contributed by atoms with E-state index in [4.69, 9.17) is 19.5 Å². The number of aromatic nitrogens is 1. The Bertz CT molecular complexity index is 2670. The van der Waals surface area contributed by atoms with Crippen LogP contribution in [0.2, 0.25) is 0 Å². The van der Waals surface area contributed by atoms with Crippen LogP contribution in [-0.4, -0.2) is 85.3 Å². The summed E-state index contributed by atoms with van der Waals surface area (Å²) in [7, 11) is 0. The number of hydrogen-bond donors (Lipinski definition) is 5. The van der Waals surface area contributed by atoms with Crippen molar-refractivity contribution in [2.45, 2.75) is 27.7 Å². The normalized spacial score (nSPS) is 13.2. The number of carboxylic acids is 1. The first kappa shape index (κ1) is 51.6. The molecule has 1 aliphatic rings. The van der Waals surface area contributed by atoms with Crippen molar-refractivity contribution in [2.75, 3.05) is 31.6 Å². The molecule has 2 heterocycles. The maximum atomic E-state index is 13.9. The molecule has 0 saturated heterocycles. The molecule has 0 saturated carbocycles. The van der Waals surface area contributed by atoms with Crippen LogP contribution in [0.4, 0.5) is 5.82 Å². The van der Waals surface area contributed by atoms with E-state index in [0.717, 1.165) is 12.1 Å². The first-order valence-electron chi connectivity index (χ1n) is 20.3. The third kappa shape index (κ3) is 12.4. The van der Waals surface area contributed by atoms with E-state index in [-0.39, 0.29) is 91.0 Å². The fraction of sp³-hybridized carbons (Fsp3) is 0.213. The quantitative estimate of drug-likeness (QED) is 0.0389. The van der Waals surface area contributed by atoms with Crippen LogP contribution in [0, 0.1) is 11.8 Å². The van der Waals surface area contributed by atoms with Crippen LogP contribution >= 0.6 is 0 Å². The Morgan fingerprint density at radius 2 is 1.40 bits per heavy atom. The average molecular weight is 966 g/mol. The number of aliphatic imine (C=N–C) groups is 1. The number of nitrogens with one attached hydrogen (secondary N) is 4. The van der Waals surface area contributed by atoms with Crippen molar-refractivity contribution in [1.82, 2.24) is 20.9 Å². The number of esters is 2. The predicted octanol–water partition coefficient (Wildman–Crippen LogP) is 3.62. The number of aromatic carboxylic acids is 1. The maximum Gasteiger partial charge on any atom is 0.342 e. The first-order chi connectivity index (χ1) is 31.6. The number of benzene rings is 3. The molecule has 67 heavy (non-hydrogen) atoms. The Morgan fingerprint density at radius 1 is 0.821 bits per heavy atom. The monoisotopic (exact) mass is 964 g/mol. The number of amidine groups is 1. The summed E-state index contributed by atoms with van der Waals surface area (Å²) in [5.41, 5.74) is 0.0856. The topological polar surface area (TPSA) is 282 Å². The summed E-state index contributed by atoms with van der Waals surface area (Å²) >= 11 is 0. The zero-order chi connectivity index (χ0) is 48.1. The summed E-state index contributed by atoms with van der Waals surface area (Å²) < 4.78 is 15.5. The van der Waals surface area contributed by atoms with E-state index in [1.165, 1.54) is 13.0 Å². The predicted molar refractivity (Wildman–Crippen MR) is 237 cm³/mol. The molecule has 2 atom stereocenters. The van der Waals surface area contributed by atoms with Gasteiger partial charge in [-0.3, -0.25) is 24.0 Å². The van der Waals surface area contributed by atoms with Crippen LogP contribution in [0.25, 0.3) is 22.8 Å². The minimum atomic E-state index is -1.61. The van der Waals surface area contributed by atoms with Gasteiger partial charge in [0.1, 0.15) is 23.1 Å². The van der Waals surface area contributed by atoms with Crippen LogP contribution < -0.4 is 36.1 Å². The molecule has 344 valence electrons. The van der Waals surface area contributed by atoms with Crippen molar-refractivity contribution in [3.05, 3.63) is 125 Å². The number of rotatable bonds is 19. The van der Waals surface area contributed by atoms with Crippen molar-refractivity contribution in [3.63, 3.8) is 0 Å². The SMILES string of the molecule is C=CC(=O)NCC(C)C(=O)NC1=N/C(=C\c2[n-]c(NC(=O)C(C)CNC(=O)c3cc(OC=O)c([O-])cc3C(=O)O)c(C(=O)OCC)c2-c2ccccc2)C(c2ccccc2)=C1C(=O)OCC.[Zn]. The number of carbonyl (C=O) groups is 8. The second-order valence-electron chi connectivity index (χ2n) is 14.3. The number of amides is 4. The fourth-order valence-electron chi connectivity index (χ4n) is 6.48. The van der Waals surface area contributed by atoms with Gasteiger partial charge in [0.15, 0.2) is 0 Å². The standard InChI is InChI=1S/C47H46N6O13.Zn/c1-6-35(56)48-22-25(4)42(57)52-40-38(46(62)64-7-2)36(27-15-11-9-12-16-27)31(50-40)21-32-37(28-17-13-10-14-18-28)39(47(63)65-8-3)41(51-32)53-43(58)26(5)23-49-44(59)29-20-34(66-24-54)33(55)19-30(29)45(60)61;/h6,9-21,24-26H,1,7-8,22-23H2,2-5H3,(H7,48,49,50,51,52,53,55,56,57,58,59,60,61,62,63);/p-2. The molecule has 4 aromatic rings. The number of hydrogen-bond acceptors (Lipinski definition) is 13. The van der Waals surface area contributed by atoms with Gasteiger partial charge in [-0.05, 0) is 60.3 Å². The third-order valence-corrected chi connectivity index (χ3v) is 9.76. The third-order valence-electron chi connectivity index (χ3n) is 9.76. The van der Waals surface area contributed by atoms with E-state index in [1.807, 2.05) is 0 Å². The molecule has 1 aliphatic heterocycles. The van der Waals surface area contributed by atoms with Crippen molar-refractivity contribution < 1.29 is 82.3 Å². The minimum Gasteiger partial charge on any atom is -0.870 e. The van der Waals surface area contributed by atoms with Gasteiger partial charge in [0.25, 0.3) is 12.4 Å². The number of ether oxygens (including phenoxy) is 3. The molecule has 0 aliphatic carbocycles. The van der Waals surface area contributed by atoms with Crippen molar-refractivity contribution >= 4 is 71.3 Å². The summed E-state index contributed by atoms with van der Waals surface area (Å²) in [5, 5.41) is 32.2. The molecule has 5 N–H and O–H groups in total. The van der Waals surface area contributed by atoms with E-state index in [2.05, 4.69) is 32.6 Å². The van der Waals surface area contributed by atoms with Crippen LogP contribution in [0.15, 0.2) is 102 Å². The number of anilines is 1. The van der Waals surface area contributed by atoms with Crippen molar-refractivity contribution in [2.24, 2.45) is 16.8 Å². The molecule has 19 nitrogen and oxygen atoms in total. The Morgan fingerprint density at radius 3 is 1.99 bits per heavy atom. The summed E-state index contributed by atoms with van der Waals surface area (Å²) in [5.74, 6) is -9.97. The molecule has 0 fully saturated rings. The van der Waals surface area contributed by atoms with Crippen molar-refractivity contribution in [1.29, 1.82) is 0 Å². The van der Waals surface area contributed by atoms with Gasteiger partial charge >= 0.3 is 17.9 Å². The molecule has 1 aromatic heterocycles. The van der Waals surface area contributed by atoms with Gasteiger partial charge in [-0.25, -0.2) is 19.4 Å². The van der Waals surface area contributed by atoms with Crippen LogP contribution in [0.5, 0.6) is 11.5 Å². The zero-order valence-electron chi connectivity index (χ0n) is 36.8. The second-order valence-corrected chi connectivity index (χ2v) is 14.3. The van der Waals surface area contributed by atoms with Gasteiger partial charge in [-0.1, -0.05) is 92.9 Å². The van der Waals surface area contributed by atoms with Crippen LogP contribution in [0.3, 0.4) is 0 Å². The van der Waals surface area contributed by atoms with Gasteiger partial charge in [-0.15, -0.1) is 0 Å². The van der Waals surface area contributed by atoms with E-state index < -0.39 is 82.5 Å². The number of allylic oxidation sites excluding steroid dienone is 1. The molecule has 0 spiro atoms. The van der Waals surface area contributed by atoms with E-state index in [1.54, 1.807) is 81.4 Å². The summed E-state index contributed by atoms with van der Waals surface area (Å²) in [4.78, 5) is 112. The molecule has 0 radical (unpaired) electrons. The van der Waals surface area contributed by atoms with E-state index in [9.17, 15) is 48.6 Å². The van der Waals surface area contributed by atoms with Crippen LogP contribution in [0.1, 0.15) is 70.0 Å². The maximum absolute atomic E-state index is 13.9. The van der Waals surface area contributed by atoms with Gasteiger partial charge in [0.2, 0.25) is 11.8 Å². The number of carbonyl (C=O) groups excluding carboxylic acids is 7. The first-order valence-corrected chi connectivity index (χ1v) is 20.3. The molecular formula is C47H44N6O13Zn-2. The Labute approximate surface area is 396 Å². The van der Waals surface area contributed by atoms with Gasteiger partial charge < -0.3 is 50.7 Å². The van der Waals surface area contributed by atoms with E-state index in [0.29, 0.717) is 17.2 Å². The second kappa shape index (κ2) is 23.8. The largest absolute Gasteiger partial charge is 0.870 e. The molecule has 0 bridgehead atoms.